The molecule has 1 atom stereocenters. The SMILES string of the molecule is CCCS(=O)(=O)CC(N)C1CCCCC1. The maximum absolute atomic E-state index is 11.6. The Balaban J connectivity index is 2.43. The van der Waals surface area contributed by atoms with Crippen LogP contribution in [0.3, 0.4) is 0 Å². The van der Waals surface area contributed by atoms with Crippen molar-refractivity contribution in [2.24, 2.45) is 11.7 Å². The van der Waals surface area contributed by atoms with Gasteiger partial charge in [0.05, 0.1) is 5.75 Å². The minimum atomic E-state index is -2.91. The summed E-state index contributed by atoms with van der Waals surface area (Å²) in [4.78, 5) is 0. The van der Waals surface area contributed by atoms with E-state index in [9.17, 15) is 8.42 Å². The molecule has 2 N–H and O–H groups in total. The van der Waals surface area contributed by atoms with Gasteiger partial charge in [-0.3, -0.25) is 0 Å². The van der Waals surface area contributed by atoms with Gasteiger partial charge in [0.15, 0.2) is 9.84 Å². The van der Waals surface area contributed by atoms with E-state index < -0.39 is 9.84 Å². The lowest BCUT2D eigenvalue weighted by molar-refractivity contribution is 0.317. The van der Waals surface area contributed by atoms with Gasteiger partial charge in [-0.05, 0) is 25.2 Å². The van der Waals surface area contributed by atoms with Gasteiger partial charge >= 0.3 is 0 Å². The summed E-state index contributed by atoms with van der Waals surface area (Å²) < 4.78 is 23.2. The Kier molecular flexibility index (Phi) is 5.06. The van der Waals surface area contributed by atoms with Crippen LogP contribution >= 0.6 is 0 Å². The predicted molar refractivity (Wildman–Crippen MR) is 63.5 cm³/mol. The van der Waals surface area contributed by atoms with Crippen molar-refractivity contribution in [2.45, 2.75) is 51.5 Å². The number of rotatable bonds is 5. The molecular weight excluding hydrogens is 210 g/mol. The third-order valence-electron chi connectivity index (χ3n) is 3.22. The Morgan fingerprint density at radius 2 is 1.87 bits per heavy atom. The quantitative estimate of drug-likeness (QED) is 0.786. The van der Waals surface area contributed by atoms with Crippen molar-refractivity contribution in [2.75, 3.05) is 11.5 Å². The molecule has 0 saturated heterocycles. The van der Waals surface area contributed by atoms with Gasteiger partial charge in [0.2, 0.25) is 0 Å². The van der Waals surface area contributed by atoms with Crippen LogP contribution in [-0.4, -0.2) is 26.0 Å². The standard InChI is InChI=1S/C11H23NO2S/c1-2-8-15(13,14)9-11(12)10-6-4-3-5-7-10/h10-11H,2-9,12H2,1H3. The van der Waals surface area contributed by atoms with Gasteiger partial charge in [0, 0.05) is 11.8 Å². The molecule has 15 heavy (non-hydrogen) atoms. The van der Waals surface area contributed by atoms with E-state index in [4.69, 9.17) is 5.73 Å². The fraction of sp³-hybridized carbons (Fsp3) is 1.00. The molecule has 90 valence electrons. The van der Waals surface area contributed by atoms with Crippen LogP contribution in [0.4, 0.5) is 0 Å². The van der Waals surface area contributed by atoms with Crippen LogP contribution in [0.1, 0.15) is 45.4 Å². The molecule has 0 heterocycles. The van der Waals surface area contributed by atoms with Gasteiger partial charge in [0.1, 0.15) is 0 Å². The Morgan fingerprint density at radius 1 is 1.27 bits per heavy atom. The van der Waals surface area contributed by atoms with Gasteiger partial charge in [-0.1, -0.05) is 26.2 Å². The van der Waals surface area contributed by atoms with Gasteiger partial charge in [0.25, 0.3) is 0 Å². The largest absolute Gasteiger partial charge is 0.327 e. The highest BCUT2D eigenvalue weighted by Crippen LogP contribution is 2.26. The molecule has 1 fully saturated rings. The van der Waals surface area contributed by atoms with Crippen molar-refractivity contribution in [1.29, 1.82) is 0 Å². The Morgan fingerprint density at radius 3 is 2.40 bits per heavy atom. The van der Waals surface area contributed by atoms with Crippen molar-refractivity contribution < 1.29 is 8.42 Å². The highest BCUT2D eigenvalue weighted by atomic mass is 32.2. The van der Waals surface area contributed by atoms with E-state index in [2.05, 4.69) is 0 Å². The third-order valence-corrected chi connectivity index (χ3v) is 5.14. The molecule has 0 radical (unpaired) electrons. The zero-order chi connectivity index (χ0) is 11.3. The average molecular weight is 233 g/mol. The molecule has 0 spiro atoms. The average Bonchev–Trinajstić information content (AvgIpc) is 2.18. The Bertz CT molecular complexity index is 268. The first-order valence-corrected chi connectivity index (χ1v) is 7.83. The van der Waals surface area contributed by atoms with Gasteiger partial charge in [-0.15, -0.1) is 0 Å². The molecule has 4 heteroatoms. The minimum Gasteiger partial charge on any atom is -0.327 e. The maximum atomic E-state index is 11.6. The second-order valence-corrected chi connectivity index (χ2v) is 6.91. The summed E-state index contributed by atoms with van der Waals surface area (Å²) in [5.41, 5.74) is 5.99. The number of sulfone groups is 1. The first-order chi connectivity index (χ1) is 7.05. The fourth-order valence-corrected chi connectivity index (χ4v) is 4.03. The summed E-state index contributed by atoms with van der Waals surface area (Å²) in [5, 5.41) is 0. The van der Waals surface area contributed by atoms with E-state index in [1.165, 1.54) is 19.3 Å². The van der Waals surface area contributed by atoms with E-state index in [1.54, 1.807) is 0 Å². The zero-order valence-electron chi connectivity index (χ0n) is 9.61. The third kappa shape index (κ3) is 4.51. The molecule has 1 aliphatic carbocycles. The number of hydrogen-bond acceptors (Lipinski definition) is 3. The maximum Gasteiger partial charge on any atom is 0.151 e. The van der Waals surface area contributed by atoms with E-state index in [0.717, 1.165) is 12.8 Å². The van der Waals surface area contributed by atoms with Crippen molar-refractivity contribution in [1.82, 2.24) is 0 Å². The molecule has 3 nitrogen and oxygen atoms in total. The van der Waals surface area contributed by atoms with Crippen LogP contribution in [0, 0.1) is 5.92 Å². The zero-order valence-corrected chi connectivity index (χ0v) is 10.4. The lowest BCUT2D eigenvalue weighted by atomic mass is 9.85. The molecule has 0 aliphatic heterocycles. The smallest absolute Gasteiger partial charge is 0.151 e. The topological polar surface area (TPSA) is 60.2 Å². The van der Waals surface area contributed by atoms with Crippen LogP contribution in [0.5, 0.6) is 0 Å². The van der Waals surface area contributed by atoms with Crippen LogP contribution < -0.4 is 5.73 Å². The molecule has 1 rings (SSSR count). The molecule has 0 aromatic heterocycles. The van der Waals surface area contributed by atoms with Gasteiger partial charge < -0.3 is 5.73 Å². The van der Waals surface area contributed by atoms with Crippen LogP contribution in [0.25, 0.3) is 0 Å². The Labute approximate surface area is 93.3 Å². The molecule has 0 aromatic carbocycles. The van der Waals surface area contributed by atoms with Crippen molar-refractivity contribution in [3.8, 4) is 0 Å². The first-order valence-electron chi connectivity index (χ1n) is 6.01. The van der Waals surface area contributed by atoms with E-state index in [1.807, 2.05) is 6.92 Å². The van der Waals surface area contributed by atoms with Crippen LogP contribution in [-0.2, 0) is 9.84 Å². The Hall–Kier alpha value is -0.0900. The van der Waals surface area contributed by atoms with Gasteiger partial charge in [-0.2, -0.15) is 0 Å². The van der Waals surface area contributed by atoms with Crippen LogP contribution in [0.2, 0.25) is 0 Å². The summed E-state index contributed by atoms with van der Waals surface area (Å²) in [7, 11) is -2.91. The molecule has 1 aliphatic rings. The van der Waals surface area contributed by atoms with E-state index >= 15 is 0 Å². The lowest BCUT2D eigenvalue weighted by Gasteiger charge is -2.27. The van der Waals surface area contributed by atoms with Crippen molar-refractivity contribution >= 4 is 9.84 Å². The first kappa shape index (κ1) is 13.0. The minimum absolute atomic E-state index is 0.137. The van der Waals surface area contributed by atoms with Crippen molar-refractivity contribution in [3.05, 3.63) is 0 Å². The summed E-state index contributed by atoms with van der Waals surface area (Å²) in [6.45, 7) is 1.89. The normalized spacial score (nSPS) is 21.5. The summed E-state index contributed by atoms with van der Waals surface area (Å²) in [6, 6.07) is -0.137. The predicted octanol–water partition coefficient (Wildman–Crippen LogP) is 1.72. The van der Waals surface area contributed by atoms with Crippen LogP contribution in [0.15, 0.2) is 0 Å². The summed E-state index contributed by atoms with van der Waals surface area (Å²) >= 11 is 0. The summed E-state index contributed by atoms with van der Waals surface area (Å²) in [6.07, 6.45) is 6.63. The monoisotopic (exact) mass is 233 g/mol. The highest BCUT2D eigenvalue weighted by Gasteiger charge is 2.24. The number of nitrogens with two attached hydrogens (primary N) is 1. The second kappa shape index (κ2) is 5.85. The highest BCUT2D eigenvalue weighted by molar-refractivity contribution is 7.91. The van der Waals surface area contributed by atoms with Gasteiger partial charge in [-0.25, -0.2) is 8.42 Å². The molecule has 1 saturated carbocycles. The van der Waals surface area contributed by atoms with Crippen molar-refractivity contribution in [3.63, 3.8) is 0 Å². The summed E-state index contributed by atoms with van der Waals surface area (Å²) in [5.74, 6) is 0.907. The number of hydrogen-bond donors (Lipinski definition) is 1. The molecule has 0 amide bonds. The fourth-order valence-electron chi connectivity index (χ4n) is 2.39. The molecule has 1 unspecified atom stereocenters. The molecule has 0 bridgehead atoms. The van der Waals surface area contributed by atoms with E-state index in [-0.39, 0.29) is 17.5 Å². The second-order valence-electron chi connectivity index (χ2n) is 4.68. The molecule has 0 aromatic rings. The van der Waals surface area contributed by atoms with E-state index in [0.29, 0.717) is 12.3 Å². The molecular formula is C11H23NO2S. The lowest BCUT2D eigenvalue weighted by Crippen LogP contribution is -2.38.